The van der Waals surface area contributed by atoms with E-state index >= 15 is 0 Å². The maximum atomic E-state index is 12.1. The van der Waals surface area contributed by atoms with Gasteiger partial charge in [-0.15, -0.1) is 0 Å². The number of rotatable bonds is 5. The summed E-state index contributed by atoms with van der Waals surface area (Å²) in [6.07, 6.45) is 4.00. The fraction of sp³-hybridized carbons (Fsp3) is 0.471. The van der Waals surface area contributed by atoms with Crippen LogP contribution in [-0.4, -0.2) is 35.5 Å². The number of hydrogen-bond donors (Lipinski definition) is 1. The molecule has 1 saturated heterocycles. The van der Waals surface area contributed by atoms with Crippen LogP contribution in [0.5, 0.6) is 0 Å². The Hall–Kier alpha value is -1.59. The van der Waals surface area contributed by atoms with Crippen LogP contribution in [0.3, 0.4) is 0 Å². The summed E-state index contributed by atoms with van der Waals surface area (Å²) in [7, 11) is 0. The molecule has 1 fully saturated rings. The third kappa shape index (κ3) is 5.21. The van der Waals surface area contributed by atoms with Crippen LogP contribution in [0, 0.1) is 0 Å². The summed E-state index contributed by atoms with van der Waals surface area (Å²) < 4.78 is 0. The number of benzene rings is 1. The molecule has 1 aliphatic heterocycles. The maximum absolute atomic E-state index is 12.1. The number of carbonyl (C=O) groups excluding carboxylic acids is 2. The van der Waals surface area contributed by atoms with Gasteiger partial charge in [-0.3, -0.25) is 9.59 Å². The summed E-state index contributed by atoms with van der Waals surface area (Å²) in [5.74, 6) is -0.261. The molecule has 1 heterocycles. The van der Waals surface area contributed by atoms with Crippen LogP contribution < -0.4 is 5.43 Å². The van der Waals surface area contributed by atoms with Gasteiger partial charge < -0.3 is 4.90 Å². The standard InChI is InChI=1S/C17H21Cl2N3O2/c1-2-15(12-7-8-13(18)14(19)10-12)20-21-16(23)11-22-9-5-3-4-6-17(22)24/h7-8,10H,2-6,9,11H2,1H3,(H,21,23)/b20-15-. The first-order valence-electron chi connectivity index (χ1n) is 8.10. The Bertz CT molecular complexity index is 647. The van der Waals surface area contributed by atoms with Crippen LogP contribution in [0.1, 0.15) is 44.6 Å². The molecule has 0 bridgehead atoms. The molecule has 5 nitrogen and oxygen atoms in total. The van der Waals surface area contributed by atoms with Gasteiger partial charge >= 0.3 is 0 Å². The lowest BCUT2D eigenvalue weighted by Gasteiger charge is -2.19. The second kappa shape index (κ2) is 9.04. The highest BCUT2D eigenvalue weighted by atomic mass is 35.5. The number of nitrogens with zero attached hydrogens (tertiary/aromatic N) is 2. The van der Waals surface area contributed by atoms with Crippen LogP contribution in [0.4, 0.5) is 0 Å². The molecule has 1 N–H and O–H groups in total. The van der Waals surface area contributed by atoms with Crippen molar-refractivity contribution < 1.29 is 9.59 Å². The molecule has 2 rings (SSSR count). The second-order valence-corrected chi connectivity index (χ2v) is 6.52. The Kier molecular flexibility index (Phi) is 7.06. The molecular formula is C17H21Cl2N3O2. The molecule has 1 aromatic rings. The second-order valence-electron chi connectivity index (χ2n) is 5.70. The number of hydrazone groups is 1. The highest BCUT2D eigenvalue weighted by molar-refractivity contribution is 6.42. The van der Waals surface area contributed by atoms with Crippen molar-refractivity contribution in [3.05, 3.63) is 33.8 Å². The minimum Gasteiger partial charge on any atom is -0.333 e. The van der Waals surface area contributed by atoms with Crippen molar-refractivity contribution in [2.75, 3.05) is 13.1 Å². The number of halogens is 2. The molecule has 24 heavy (non-hydrogen) atoms. The maximum Gasteiger partial charge on any atom is 0.259 e. The zero-order valence-electron chi connectivity index (χ0n) is 13.6. The molecular weight excluding hydrogens is 349 g/mol. The van der Waals surface area contributed by atoms with Crippen LogP contribution in [0.15, 0.2) is 23.3 Å². The first kappa shape index (κ1) is 18.7. The van der Waals surface area contributed by atoms with Crippen LogP contribution >= 0.6 is 23.2 Å². The first-order valence-corrected chi connectivity index (χ1v) is 8.85. The van der Waals surface area contributed by atoms with Crippen molar-refractivity contribution in [1.29, 1.82) is 0 Å². The number of hydrogen-bond acceptors (Lipinski definition) is 3. The molecule has 1 aliphatic rings. The normalized spacial score (nSPS) is 16.0. The van der Waals surface area contributed by atoms with Gasteiger partial charge in [0.15, 0.2) is 0 Å². The van der Waals surface area contributed by atoms with Gasteiger partial charge in [0.2, 0.25) is 5.91 Å². The van der Waals surface area contributed by atoms with Gasteiger partial charge in [0.1, 0.15) is 6.54 Å². The molecule has 0 radical (unpaired) electrons. The summed E-state index contributed by atoms with van der Waals surface area (Å²) in [4.78, 5) is 25.6. The van der Waals surface area contributed by atoms with E-state index in [0.29, 0.717) is 35.1 Å². The van der Waals surface area contributed by atoms with Crippen molar-refractivity contribution in [3.63, 3.8) is 0 Å². The predicted octanol–water partition coefficient (Wildman–Crippen LogP) is 3.63. The monoisotopic (exact) mass is 369 g/mol. The van der Waals surface area contributed by atoms with E-state index in [1.165, 1.54) is 0 Å². The summed E-state index contributed by atoms with van der Waals surface area (Å²) in [6, 6.07) is 5.22. The summed E-state index contributed by atoms with van der Waals surface area (Å²) in [6.45, 7) is 2.61. The zero-order valence-corrected chi connectivity index (χ0v) is 15.2. The van der Waals surface area contributed by atoms with Crippen molar-refractivity contribution >= 4 is 40.7 Å². The molecule has 0 aromatic heterocycles. The topological polar surface area (TPSA) is 61.8 Å². The van der Waals surface area contributed by atoms with Gasteiger partial charge in [-0.25, -0.2) is 5.43 Å². The molecule has 0 atom stereocenters. The predicted molar refractivity (Wildman–Crippen MR) is 96.5 cm³/mol. The number of likely N-dealkylation sites (tertiary alicyclic amines) is 1. The van der Waals surface area contributed by atoms with E-state index in [2.05, 4.69) is 10.5 Å². The van der Waals surface area contributed by atoms with Crippen molar-refractivity contribution in [1.82, 2.24) is 10.3 Å². The van der Waals surface area contributed by atoms with Crippen molar-refractivity contribution in [2.45, 2.75) is 39.0 Å². The Labute approximate surface area is 152 Å². The quantitative estimate of drug-likeness (QED) is 0.636. The number of carbonyl (C=O) groups is 2. The Morgan fingerprint density at radius 3 is 2.75 bits per heavy atom. The highest BCUT2D eigenvalue weighted by Crippen LogP contribution is 2.23. The summed E-state index contributed by atoms with van der Waals surface area (Å²) >= 11 is 11.9. The lowest BCUT2D eigenvalue weighted by Crippen LogP contribution is -2.39. The van der Waals surface area contributed by atoms with Crippen LogP contribution in [0.25, 0.3) is 0 Å². The average molecular weight is 370 g/mol. The third-order valence-corrected chi connectivity index (χ3v) is 4.65. The van der Waals surface area contributed by atoms with Gasteiger partial charge in [-0.2, -0.15) is 5.10 Å². The van der Waals surface area contributed by atoms with Gasteiger partial charge in [0.25, 0.3) is 5.91 Å². The van der Waals surface area contributed by atoms with Gasteiger partial charge in [-0.1, -0.05) is 42.6 Å². The minimum atomic E-state index is -0.295. The Balaban J connectivity index is 1.99. The van der Waals surface area contributed by atoms with E-state index in [-0.39, 0.29) is 18.4 Å². The van der Waals surface area contributed by atoms with E-state index in [1.807, 2.05) is 6.92 Å². The fourth-order valence-electron chi connectivity index (χ4n) is 2.57. The molecule has 0 aliphatic carbocycles. The number of amides is 2. The summed E-state index contributed by atoms with van der Waals surface area (Å²) in [5, 5.41) is 5.09. The van der Waals surface area contributed by atoms with E-state index in [4.69, 9.17) is 23.2 Å². The molecule has 0 unspecified atom stereocenters. The van der Waals surface area contributed by atoms with Gasteiger partial charge in [0.05, 0.1) is 15.8 Å². The molecule has 2 amide bonds. The largest absolute Gasteiger partial charge is 0.333 e. The average Bonchev–Trinajstić information content (AvgIpc) is 2.76. The molecule has 0 saturated carbocycles. The van der Waals surface area contributed by atoms with Crippen LogP contribution in [-0.2, 0) is 9.59 Å². The first-order chi connectivity index (χ1) is 11.5. The third-order valence-electron chi connectivity index (χ3n) is 3.91. The Morgan fingerprint density at radius 2 is 2.04 bits per heavy atom. The van der Waals surface area contributed by atoms with E-state index in [9.17, 15) is 9.59 Å². The lowest BCUT2D eigenvalue weighted by molar-refractivity contribution is -0.135. The molecule has 0 spiro atoms. The smallest absolute Gasteiger partial charge is 0.259 e. The van der Waals surface area contributed by atoms with Crippen LogP contribution in [0.2, 0.25) is 10.0 Å². The van der Waals surface area contributed by atoms with E-state index in [1.54, 1.807) is 23.1 Å². The van der Waals surface area contributed by atoms with Gasteiger partial charge in [-0.05, 0) is 37.0 Å². The van der Waals surface area contributed by atoms with Crippen molar-refractivity contribution in [2.24, 2.45) is 5.10 Å². The number of nitrogens with one attached hydrogen (secondary N) is 1. The van der Waals surface area contributed by atoms with E-state index < -0.39 is 0 Å². The minimum absolute atomic E-state index is 0.0341. The molecule has 7 heteroatoms. The molecule has 130 valence electrons. The lowest BCUT2D eigenvalue weighted by atomic mass is 10.1. The summed E-state index contributed by atoms with van der Waals surface area (Å²) in [5.41, 5.74) is 4.04. The highest BCUT2D eigenvalue weighted by Gasteiger charge is 2.19. The molecule has 1 aromatic carbocycles. The van der Waals surface area contributed by atoms with E-state index in [0.717, 1.165) is 24.8 Å². The van der Waals surface area contributed by atoms with Gasteiger partial charge in [0, 0.05) is 13.0 Å². The SMILES string of the molecule is CC/C(=N/NC(=O)CN1CCCCCC1=O)c1ccc(Cl)c(Cl)c1. The Morgan fingerprint density at radius 1 is 1.25 bits per heavy atom. The fourth-order valence-corrected chi connectivity index (χ4v) is 2.87. The van der Waals surface area contributed by atoms with Crippen molar-refractivity contribution in [3.8, 4) is 0 Å². The zero-order chi connectivity index (χ0) is 17.5.